The van der Waals surface area contributed by atoms with Gasteiger partial charge in [0.15, 0.2) is 17.6 Å². The number of benzene rings is 3. The molecule has 4 atom stereocenters. The van der Waals surface area contributed by atoms with Gasteiger partial charge in [-0.15, -0.1) is 0 Å². The first-order valence-corrected chi connectivity index (χ1v) is 13.8. The fourth-order valence-corrected chi connectivity index (χ4v) is 6.67. The molecule has 8 heteroatoms. The van der Waals surface area contributed by atoms with Crippen molar-refractivity contribution in [1.29, 1.82) is 0 Å². The van der Waals surface area contributed by atoms with Crippen LogP contribution in [0.25, 0.3) is 0 Å². The maximum atomic E-state index is 13.1. The fourth-order valence-electron chi connectivity index (χ4n) is 6.67. The minimum Gasteiger partial charge on any atom is -0.457 e. The standard InChI is InChI=1S/C32H33NO7/c1-3-31(25-16-17-26-27(19-25)37-21-36-26)20-33(35)40-30(29(31)38-22(2)34)39-28-15-10-18-32(28,23-11-6-4-7-12-23)24-13-8-5-9-14-24/h4-9,11-14,16-17,19-20,28-30H,3,10,15,18,21H2,1-2H3. The molecule has 1 fully saturated rings. The van der Waals surface area contributed by atoms with E-state index in [0.717, 1.165) is 36.0 Å². The van der Waals surface area contributed by atoms with Crippen LogP contribution in [-0.2, 0) is 29.9 Å². The molecule has 1 aliphatic carbocycles. The highest BCUT2D eigenvalue weighted by Crippen LogP contribution is 2.50. The van der Waals surface area contributed by atoms with Gasteiger partial charge in [0.2, 0.25) is 19.3 Å². The Morgan fingerprint density at radius 2 is 1.65 bits per heavy atom. The van der Waals surface area contributed by atoms with E-state index < -0.39 is 29.2 Å². The van der Waals surface area contributed by atoms with Crippen molar-refractivity contribution in [3.63, 3.8) is 0 Å². The zero-order chi connectivity index (χ0) is 27.7. The summed E-state index contributed by atoms with van der Waals surface area (Å²) in [5, 5.41) is 13.1. The molecule has 0 bridgehead atoms. The molecule has 2 heterocycles. The molecule has 208 valence electrons. The van der Waals surface area contributed by atoms with E-state index in [1.807, 2.05) is 55.5 Å². The van der Waals surface area contributed by atoms with Crippen LogP contribution in [-0.4, -0.2) is 42.4 Å². The molecule has 3 aromatic rings. The zero-order valence-corrected chi connectivity index (χ0v) is 22.7. The van der Waals surface area contributed by atoms with Gasteiger partial charge >= 0.3 is 5.97 Å². The van der Waals surface area contributed by atoms with Gasteiger partial charge in [-0.3, -0.25) is 10.0 Å². The maximum absolute atomic E-state index is 13.1. The lowest BCUT2D eigenvalue weighted by Gasteiger charge is -2.45. The smallest absolute Gasteiger partial charge is 0.303 e. The summed E-state index contributed by atoms with van der Waals surface area (Å²) in [5.41, 5.74) is 1.51. The summed E-state index contributed by atoms with van der Waals surface area (Å²) in [6.45, 7) is 3.43. The Labute approximate surface area is 233 Å². The van der Waals surface area contributed by atoms with E-state index >= 15 is 0 Å². The Morgan fingerprint density at radius 1 is 0.975 bits per heavy atom. The Bertz CT molecular complexity index is 1350. The third-order valence-electron chi connectivity index (χ3n) is 8.55. The first-order chi connectivity index (χ1) is 19.5. The van der Waals surface area contributed by atoms with Gasteiger partial charge in [-0.2, -0.15) is 0 Å². The Balaban J connectivity index is 1.43. The molecule has 8 nitrogen and oxygen atoms in total. The van der Waals surface area contributed by atoms with Gasteiger partial charge in [-0.05, 0) is 54.5 Å². The van der Waals surface area contributed by atoms with Crippen LogP contribution in [0.2, 0.25) is 0 Å². The topological polar surface area (TPSA) is 89.3 Å². The van der Waals surface area contributed by atoms with Gasteiger partial charge in [0, 0.05) is 17.2 Å². The number of carbonyl (C=O) groups is 1. The van der Waals surface area contributed by atoms with E-state index in [1.54, 1.807) is 6.07 Å². The molecule has 0 amide bonds. The van der Waals surface area contributed by atoms with Crippen LogP contribution in [0, 0.1) is 5.21 Å². The molecule has 3 aromatic carbocycles. The Hall–Kier alpha value is -4.04. The van der Waals surface area contributed by atoms with Crippen LogP contribution in [0.4, 0.5) is 0 Å². The van der Waals surface area contributed by atoms with E-state index in [0.29, 0.717) is 22.8 Å². The van der Waals surface area contributed by atoms with E-state index in [2.05, 4.69) is 24.3 Å². The van der Waals surface area contributed by atoms with E-state index in [1.165, 1.54) is 13.1 Å². The molecule has 0 radical (unpaired) electrons. The van der Waals surface area contributed by atoms with Crippen molar-refractivity contribution in [3.05, 3.63) is 101 Å². The van der Waals surface area contributed by atoms with Gasteiger partial charge in [-0.25, -0.2) is 0 Å². The third kappa shape index (κ3) is 4.36. The lowest BCUT2D eigenvalue weighted by Crippen LogP contribution is -2.58. The quantitative estimate of drug-likeness (QED) is 0.291. The fraction of sp³-hybridized carbons (Fsp3) is 0.375. The zero-order valence-electron chi connectivity index (χ0n) is 22.7. The largest absolute Gasteiger partial charge is 0.457 e. The maximum Gasteiger partial charge on any atom is 0.303 e. The molecular formula is C32H33NO7. The van der Waals surface area contributed by atoms with Gasteiger partial charge in [0.1, 0.15) is 5.41 Å². The van der Waals surface area contributed by atoms with Crippen molar-refractivity contribution in [2.45, 2.75) is 68.9 Å². The highest BCUT2D eigenvalue weighted by Gasteiger charge is 2.55. The van der Waals surface area contributed by atoms with Crippen molar-refractivity contribution in [2.75, 3.05) is 6.79 Å². The lowest BCUT2D eigenvalue weighted by atomic mass is 9.71. The first-order valence-electron chi connectivity index (χ1n) is 13.8. The van der Waals surface area contributed by atoms with E-state index in [-0.39, 0.29) is 12.9 Å². The molecule has 1 saturated carbocycles. The minimum absolute atomic E-state index is 0.125. The van der Waals surface area contributed by atoms with Crippen LogP contribution in [0.1, 0.15) is 56.2 Å². The monoisotopic (exact) mass is 543 g/mol. The Kier molecular flexibility index (Phi) is 6.88. The summed E-state index contributed by atoms with van der Waals surface area (Å²) in [6.07, 6.45) is 2.00. The predicted octanol–water partition coefficient (Wildman–Crippen LogP) is 5.40. The average Bonchev–Trinajstić information content (AvgIpc) is 3.62. The van der Waals surface area contributed by atoms with Crippen LogP contribution >= 0.6 is 0 Å². The number of hydrogen-bond donors (Lipinski definition) is 0. The van der Waals surface area contributed by atoms with Crippen molar-refractivity contribution < 1.29 is 33.5 Å². The van der Waals surface area contributed by atoms with Gasteiger partial charge in [0.05, 0.1) is 6.10 Å². The van der Waals surface area contributed by atoms with E-state index in [4.69, 9.17) is 23.8 Å². The molecule has 40 heavy (non-hydrogen) atoms. The van der Waals surface area contributed by atoms with Crippen LogP contribution in [0.3, 0.4) is 0 Å². The lowest BCUT2D eigenvalue weighted by molar-refractivity contribution is -0.774. The Morgan fingerprint density at radius 3 is 2.30 bits per heavy atom. The van der Waals surface area contributed by atoms with Crippen LogP contribution < -0.4 is 9.47 Å². The predicted molar refractivity (Wildman–Crippen MR) is 147 cm³/mol. The molecule has 0 saturated heterocycles. The average molecular weight is 544 g/mol. The molecule has 0 aromatic heterocycles. The number of hydrogen-bond acceptors (Lipinski definition) is 7. The molecule has 3 aliphatic rings. The first kappa shape index (κ1) is 26.2. The van der Waals surface area contributed by atoms with Gasteiger partial charge < -0.3 is 23.8 Å². The second kappa shape index (κ2) is 10.5. The summed E-state index contributed by atoms with van der Waals surface area (Å²) < 4.78 is 23.9. The minimum atomic E-state index is -1.15. The van der Waals surface area contributed by atoms with Crippen LogP contribution in [0.15, 0.2) is 78.9 Å². The second-order valence-electron chi connectivity index (χ2n) is 10.6. The van der Waals surface area contributed by atoms with Crippen molar-refractivity contribution in [2.24, 2.45) is 0 Å². The second-order valence-corrected chi connectivity index (χ2v) is 10.6. The van der Waals surface area contributed by atoms with E-state index in [9.17, 15) is 10.0 Å². The summed E-state index contributed by atoms with van der Waals surface area (Å²) in [5.74, 6) is 0.710. The summed E-state index contributed by atoms with van der Waals surface area (Å²) in [6, 6.07) is 26.1. The molecule has 0 spiro atoms. The summed E-state index contributed by atoms with van der Waals surface area (Å²) in [4.78, 5) is 18.7. The van der Waals surface area contributed by atoms with Gasteiger partial charge in [0.25, 0.3) is 0 Å². The number of nitrogens with zero attached hydrogens (tertiary/aromatic N) is 1. The number of esters is 1. The third-order valence-corrected chi connectivity index (χ3v) is 8.55. The summed E-state index contributed by atoms with van der Waals surface area (Å²) >= 11 is 0. The molecule has 4 unspecified atom stereocenters. The van der Waals surface area contributed by atoms with Gasteiger partial charge in [-0.1, -0.05) is 73.7 Å². The number of fused-ring (bicyclic) bond motifs is 1. The molecule has 2 aliphatic heterocycles. The number of ether oxygens (including phenoxy) is 4. The number of rotatable bonds is 7. The van der Waals surface area contributed by atoms with Crippen molar-refractivity contribution in [1.82, 2.24) is 0 Å². The van der Waals surface area contributed by atoms with Crippen molar-refractivity contribution in [3.8, 4) is 11.5 Å². The van der Waals surface area contributed by atoms with Crippen LogP contribution in [0.5, 0.6) is 11.5 Å². The molecule has 6 rings (SSSR count). The summed E-state index contributed by atoms with van der Waals surface area (Å²) in [7, 11) is 0. The SMILES string of the molecule is CCC1(c2ccc3c(c2)OCO3)C=[N+]([O-])OC(OC2CCCC2(c2ccccc2)c2ccccc2)C1OC(C)=O. The highest BCUT2D eigenvalue weighted by atomic mass is 16.9. The molecule has 0 N–H and O–H groups in total. The molecular weight excluding hydrogens is 510 g/mol. The number of carbonyl (C=O) groups excluding carboxylic acids is 1. The normalized spacial score (nSPS) is 26.6. The highest BCUT2D eigenvalue weighted by molar-refractivity contribution is 5.74. The van der Waals surface area contributed by atoms with Crippen molar-refractivity contribution >= 4 is 12.2 Å².